The Kier molecular flexibility index (Phi) is 8.57. The monoisotopic (exact) mass is 488 g/mol. The van der Waals surface area contributed by atoms with Crippen LogP contribution in [0.1, 0.15) is 38.3 Å². The number of nitro groups is 1. The van der Waals surface area contributed by atoms with Crippen LogP contribution in [-0.4, -0.2) is 23.4 Å². The minimum Gasteiger partial charge on any atom is -0.457 e. The number of esters is 1. The van der Waals surface area contributed by atoms with Gasteiger partial charge in [-0.1, -0.05) is 45.0 Å². The van der Waals surface area contributed by atoms with Crippen molar-refractivity contribution in [3.05, 3.63) is 100 Å². The van der Waals surface area contributed by atoms with Gasteiger partial charge in [-0.2, -0.15) is 0 Å². The van der Waals surface area contributed by atoms with Gasteiger partial charge in [0.2, 0.25) is 0 Å². The summed E-state index contributed by atoms with van der Waals surface area (Å²) in [5, 5.41) is 13.5. The second kappa shape index (κ2) is 11.8. The van der Waals surface area contributed by atoms with E-state index in [0.29, 0.717) is 22.7 Å². The van der Waals surface area contributed by atoms with Crippen molar-refractivity contribution in [3.8, 4) is 11.5 Å². The molecular weight excluding hydrogens is 460 g/mol. The summed E-state index contributed by atoms with van der Waals surface area (Å²) >= 11 is 0. The molecule has 3 rings (SSSR count). The average Bonchev–Trinajstić information content (AvgIpc) is 2.88. The quantitative estimate of drug-likeness (QED) is 0.156. The molecule has 0 radical (unpaired) electrons. The van der Waals surface area contributed by atoms with E-state index < -0.39 is 23.4 Å². The number of carbonyl (C=O) groups is 2. The molecule has 0 bridgehead atoms. The summed E-state index contributed by atoms with van der Waals surface area (Å²) in [6, 6.07) is 20.6. The van der Waals surface area contributed by atoms with Crippen LogP contribution >= 0.6 is 0 Å². The molecule has 36 heavy (non-hydrogen) atoms. The van der Waals surface area contributed by atoms with Crippen LogP contribution in [0.25, 0.3) is 6.08 Å². The predicted molar refractivity (Wildman–Crippen MR) is 138 cm³/mol. The van der Waals surface area contributed by atoms with E-state index in [1.807, 2.05) is 12.1 Å². The van der Waals surface area contributed by atoms with Crippen molar-refractivity contribution >= 4 is 29.3 Å². The fourth-order valence-corrected chi connectivity index (χ4v) is 3.21. The van der Waals surface area contributed by atoms with E-state index in [9.17, 15) is 19.7 Å². The Bertz CT molecular complexity index is 1250. The molecular formula is C28H28N2O6. The Morgan fingerprint density at radius 3 is 2.25 bits per heavy atom. The molecule has 0 fully saturated rings. The van der Waals surface area contributed by atoms with Crippen LogP contribution < -0.4 is 10.1 Å². The highest BCUT2D eigenvalue weighted by atomic mass is 16.6. The lowest BCUT2D eigenvalue weighted by Gasteiger charge is -2.23. The minimum absolute atomic E-state index is 0.0877. The van der Waals surface area contributed by atoms with Gasteiger partial charge in [-0.15, -0.1) is 0 Å². The molecule has 0 aliphatic rings. The van der Waals surface area contributed by atoms with Crippen LogP contribution in [0.3, 0.4) is 0 Å². The van der Waals surface area contributed by atoms with Gasteiger partial charge in [0.1, 0.15) is 11.5 Å². The van der Waals surface area contributed by atoms with E-state index in [-0.39, 0.29) is 11.1 Å². The molecule has 3 aromatic carbocycles. The van der Waals surface area contributed by atoms with Gasteiger partial charge in [-0.25, -0.2) is 4.79 Å². The number of nitrogens with zero attached hydrogens (tertiary/aromatic N) is 1. The van der Waals surface area contributed by atoms with E-state index in [4.69, 9.17) is 9.47 Å². The summed E-state index contributed by atoms with van der Waals surface area (Å²) in [4.78, 5) is 34.3. The predicted octanol–water partition coefficient (Wildman–Crippen LogP) is 6.27. The zero-order valence-corrected chi connectivity index (χ0v) is 20.4. The summed E-state index contributed by atoms with van der Waals surface area (Å²) in [6.07, 6.45) is 3.52. The number of hydrogen-bond donors (Lipinski definition) is 1. The normalized spacial score (nSPS) is 11.2. The van der Waals surface area contributed by atoms with Crippen LogP contribution in [0.4, 0.5) is 11.4 Å². The molecule has 0 unspecified atom stereocenters. The maximum Gasteiger partial charge on any atom is 0.331 e. The Labute approximate surface area is 209 Å². The van der Waals surface area contributed by atoms with Crippen molar-refractivity contribution < 1.29 is 24.0 Å². The van der Waals surface area contributed by atoms with Crippen molar-refractivity contribution in [2.45, 2.75) is 32.6 Å². The van der Waals surface area contributed by atoms with Crippen LogP contribution in [0.15, 0.2) is 78.9 Å². The second-order valence-electron chi connectivity index (χ2n) is 8.73. The van der Waals surface area contributed by atoms with Gasteiger partial charge in [-0.05, 0) is 65.4 Å². The average molecular weight is 489 g/mol. The number of ether oxygens (including phenoxy) is 2. The lowest BCUT2D eigenvalue weighted by atomic mass is 9.82. The maximum atomic E-state index is 12.1. The smallest absolute Gasteiger partial charge is 0.331 e. The summed E-state index contributed by atoms with van der Waals surface area (Å²) in [7, 11) is 0. The molecule has 0 aromatic heterocycles. The first-order valence-electron chi connectivity index (χ1n) is 11.4. The molecule has 1 N–H and O–H groups in total. The summed E-state index contributed by atoms with van der Waals surface area (Å²) in [5.41, 5.74) is 2.25. The standard InChI is InChI=1S/C28H28N2O6/c1-4-28(2,3)21-9-13-24(14-10-21)36-25-15-11-22(12-16-25)29-26(31)19-35-27(32)17-8-20-6-5-7-23(18-20)30(33)34/h5-18H,4,19H2,1-3H3,(H,29,31). The highest BCUT2D eigenvalue weighted by molar-refractivity contribution is 5.94. The van der Waals surface area contributed by atoms with Crippen molar-refractivity contribution in [1.29, 1.82) is 0 Å². The van der Waals surface area contributed by atoms with Crippen molar-refractivity contribution in [2.75, 3.05) is 11.9 Å². The number of carbonyl (C=O) groups excluding carboxylic acids is 2. The second-order valence-corrected chi connectivity index (χ2v) is 8.73. The number of hydrogen-bond acceptors (Lipinski definition) is 6. The highest BCUT2D eigenvalue weighted by Crippen LogP contribution is 2.30. The Balaban J connectivity index is 1.47. The molecule has 186 valence electrons. The molecule has 0 spiro atoms. The number of nitro benzene ring substituents is 1. The molecule has 0 aliphatic heterocycles. The summed E-state index contributed by atoms with van der Waals surface area (Å²) in [6.45, 7) is 6.09. The molecule has 8 nitrogen and oxygen atoms in total. The Hall–Kier alpha value is -4.46. The molecule has 0 heterocycles. The third-order valence-electron chi connectivity index (χ3n) is 5.73. The van der Waals surface area contributed by atoms with Crippen LogP contribution in [0.2, 0.25) is 0 Å². The molecule has 8 heteroatoms. The maximum absolute atomic E-state index is 12.1. The van der Waals surface area contributed by atoms with Crippen molar-refractivity contribution in [3.63, 3.8) is 0 Å². The van der Waals surface area contributed by atoms with E-state index in [2.05, 4.69) is 38.2 Å². The van der Waals surface area contributed by atoms with E-state index >= 15 is 0 Å². The van der Waals surface area contributed by atoms with E-state index in [0.717, 1.165) is 12.5 Å². The molecule has 3 aromatic rings. The number of anilines is 1. The van der Waals surface area contributed by atoms with Gasteiger partial charge in [0.15, 0.2) is 6.61 Å². The first kappa shape index (κ1) is 26.2. The lowest BCUT2D eigenvalue weighted by molar-refractivity contribution is -0.384. The van der Waals surface area contributed by atoms with Crippen LogP contribution in [0.5, 0.6) is 11.5 Å². The fourth-order valence-electron chi connectivity index (χ4n) is 3.21. The highest BCUT2D eigenvalue weighted by Gasteiger charge is 2.17. The third kappa shape index (κ3) is 7.53. The molecule has 0 saturated heterocycles. The zero-order valence-electron chi connectivity index (χ0n) is 20.4. The van der Waals surface area contributed by atoms with Gasteiger partial charge in [0.25, 0.3) is 11.6 Å². The van der Waals surface area contributed by atoms with Gasteiger partial charge in [0.05, 0.1) is 4.92 Å². The van der Waals surface area contributed by atoms with Gasteiger partial charge in [0, 0.05) is 23.9 Å². The van der Waals surface area contributed by atoms with Crippen LogP contribution in [0, 0.1) is 10.1 Å². The van der Waals surface area contributed by atoms with Gasteiger partial charge >= 0.3 is 5.97 Å². The largest absolute Gasteiger partial charge is 0.457 e. The SMILES string of the molecule is CCC(C)(C)c1ccc(Oc2ccc(NC(=O)COC(=O)C=Cc3cccc([N+](=O)[O-])c3)cc2)cc1. The number of benzene rings is 3. The molecule has 0 saturated carbocycles. The third-order valence-corrected chi connectivity index (χ3v) is 5.73. The van der Waals surface area contributed by atoms with Crippen molar-refractivity contribution in [2.24, 2.45) is 0 Å². The number of rotatable bonds is 10. The Morgan fingerprint density at radius 2 is 1.64 bits per heavy atom. The zero-order chi connectivity index (χ0) is 26.1. The minimum atomic E-state index is -0.742. The number of nitrogens with one attached hydrogen (secondary N) is 1. The summed E-state index contributed by atoms with van der Waals surface area (Å²) < 4.78 is 10.8. The topological polar surface area (TPSA) is 108 Å². The van der Waals surface area contributed by atoms with Crippen molar-refractivity contribution in [1.82, 2.24) is 0 Å². The van der Waals surface area contributed by atoms with Crippen LogP contribution in [-0.2, 0) is 19.7 Å². The van der Waals surface area contributed by atoms with Gasteiger partial charge < -0.3 is 14.8 Å². The number of amides is 1. The van der Waals surface area contributed by atoms with E-state index in [1.165, 1.54) is 29.8 Å². The Morgan fingerprint density at radius 1 is 1.00 bits per heavy atom. The number of non-ortho nitro benzene ring substituents is 1. The lowest BCUT2D eigenvalue weighted by Crippen LogP contribution is -2.20. The summed E-state index contributed by atoms with van der Waals surface area (Å²) in [5.74, 6) is 0.0874. The molecule has 0 atom stereocenters. The first-order valence-corrected chi connectivity index (χ1v) is 11.4. The molecule has 1 amide bonds. The van der Waals surface area contributed by atoms with Gasteiger partial charge in [-0.3, -0.25) is 14.9 Å². The fraction of sp³-hybridized carbons (Fsp3) is 0.214. The first-order chi connectivity index (χ1) is 17.2. The molecule has 0 aliphatic carbocycles. The van der Waals surface area contributed by atoms with E-state index in [1.54, 1.807) is 30.3 Å².